The van der Waals surface area contributed by atoms with E-state index in [9.17, 15) is 9.18 Å². The number of aliphatic hydroxyl groups excluding tert-OH is 1. The fraction of sp³-hybridized carbons (Fsp3) is 0.462. The van der Waals surface area contributed by atoms with Gasteiger partial charge in [0.15, 0.2) is 0 Å². The molecule has 0 saturated carbocycles. The number of halogens is 1. The SMILES string of the molecule is CC(C)(C)NC(=O)OCc1ccc(F)cc1CO. The fourth-order valence-electron chi connectivity index (χ4n) is 1.37. The van der Waals surface area contributed by atoms with Crippen LogP contribution >= 0.6 is 0 Å². The Balaban J connectivity index is 2.61. The first kappa shape index (κ1) is 14.4. The summed E-state index contributed by atoms with van der Waals surface area (Å²) in [6, 6.07) is 3.98. The molecule has 18 heavy (non-hydrogen) atoms. The van der Waals surface area contributed by atoms with E-state index >= 15 is 0 Å². The molecule has 1 aromatic carbocycles. The van der Waals surface area contributed by atoms with Crippen LogP contribution in [0.25, 0.3) is 0 Å². The van der Waals surface area contributed by atoms with Gasteiger partial charge >= 0.3 is 6.09 Å². The number of ether oxygens (including phenoxy) is 1. The lowest BCUT2D eigenvalue weighted by Gasteiger charge is -2.20. The molecule has 0 aliphatic rings. The molecular weight excluding hydrogens is 237 g/mol. The van der Waals surface area contributed by atoms with Crippen molar-refractivity contribution in [3.05, 3.63) is 35.1 Å². The second-order valence-corrected chi connectivity index (χ2v) is 5.02. The number of benzene rings is 1. The maximum Gasteiger partial charge on any atom is 0.407 e. The van der Waals surface area contributed by atoms with Crippen molar-refractivity contribution in [2.75, 3.05) is 0 Å². The Hall–Kier alpha value is -1.62. The molecule has 100 valence electrons. The average molecular weight is 255 g/mol. The molecule has 4 nitrogen and oxygen atoms in total. The highest BCUT2D eigenvalue weighted by atomic mass is 19.1. The van der Waals surface area contributed by atoms with E-state index in [1.54, 1.807) is 0 Å². The monoisotopic (exact) mass is 255 g/mol. The van der Waals surface area contributed by atoms with Crippen molar-refractivity contribution in [2.45, 2.75) is 39.5 Å². The second kappa shape index (κ2) is 5.82. The predicted molar refractivity (Wildman–Crippen MR) is 65.4 cm³/mol. The number of aliphatic hydroxyl groups is 1. The van der Waals surface area contributed by atoms with Crippen molar-refractivity contribution in [3.8, 4) is 0 Å². The first-order valence-electron chi connectivity index (χ1n) is 5.65. The van der Waals surface area contributed by atoms with Crippen molar-refractivity contribution in [3.63, 3.8) is 0 Å². The number of hydrogen-bond donors (Lipinski definition) is 2. The third-order valence-electron chi connectivity index (χ3n) is 2.17. The third-order valence-corrected chi connectivity index (χ3v) is 2.17. The van der Waals surface area contributed by atoms with Crippen molar-refractivity contribution >= 4 is 6.09 Å². The number of nitrogens with one attached hydrogen (secondary N) is 1. The van der Waals surface area contributed by atoms with Gasteiger partial charge in [0.05, 0.1) is 6.61 Å². The molecule has 5 heteroatoms. The average Bonchev–Trinajstić information content (AvgIpc) is 2.24. The zero-order valence-electron chi connectivity index (χ0n) is 10.8. The summed E-state index contributed by atoms with van der Waals surface area (Å²) in [5.41, 5.74) is 0.626. The van der Waals surface area contributed by atoms with Crippen LogP contribution < -0.4 is 5.32 Å². The van der Waals surface area contributed by atoms with E-state index < -0.39 is 11.9 Å². The first-order valence-corrected chi connectivity index (χ1v) is 5.65. The van der Waals surface area contributed by atoms with Gasteiger partial charge in [-0.3, -0.25) is 0 Å². The molecular formula is C13H18FNO3. The molecule has 0 atom stereocenters. The molecule has 0 saturated heterocycles. The number of amides is 1. The highest BCUT2D eigenvalue weighted by Gasteiger charge is 2.15. The highest BCUT2D eigenvalue weighted by Crippen LogP contribution is 2.13. The third kappa shape index (κ3) is 4.71. The van der Waals surface area contributed by atoms with E-state index in [-0.39, 0.29) is 18.8 Å². The fourth-order valence-corrected chi connectivity index (χ4v) is 1.37. The molecule has 0 aliphatic heterocycles. The zero-order chi connectivity index (χ0) is 13.8. The highest BCUT2D eigenvalue weighted by molar-refractivity contribution is 5.68. The maximum atomic E-state index is 12.9. The van der Waals surface area contributed by atoms with Gasteiger partial charge in [0.25, 0.3) is 0 Å². The minimum absolute atomic E-state index is 0.00190. The molecule has 0 unspecified atom stereocenters. The summed E-state index contributed by atoms with van der Waals surface area (Å²) in [4.78, 5) is 11.4. The van der Waals surface area contributed by atoms with E-state index in [1.807, 2.05) is 20.8 Å². The molecule has 1 amide bonds. The van der Waals surface area contributed by atoms with Crippen LogP contribution in [-0.4, -0.2) is 16.7 Å². The number of alkyl carbamates (subject to hydrolysis) is 1. The molecule has 0 fully saturated rings. The van der Waals surface area contributed by atoms with Crippen LogP contribution in [-0.2, 0) is 18.0 Å². The Morgan fingerprint density at radius 2 is 2.06 bits per heavy atom. The summed E-state index contributed by atoms with van der Waals surface area (Å²) in [5, 5.41) is 11.7. The molecule has 0 heterocycles. The van der Waals surface area contributed by atoms with Gasteiger partial charge in [-0.1, -0.05) is 6.07 Å². The predicted octanol–water partition coefficient (Wildman–Crippen LogP) is 2.34. The lowest BCUT2D eigenvalue weighted by atomic mass is 10.1. The van der Waals surface area contributed by atoms with Crippen LogP contribution in [0.2, 0.25) is 0 Å². The van der Waals surface area contributed by atoms with Crippen LogP contribution in [0.5, 0.6) is 0 Å². The van der Waals surface area contributed by atoms with E-state index in [0.717, 1.165) is 0 Å². The number of carbonyl (C=O) groups is 1. The molecule has 0 aromatic heterocycles. The quantitative estimate of drug-likeness (QED) is 0.871. The van der Waals surface area contributed by atoms with Crippen molar-refractivity contribution in [1.29, 1.82) is 0 Å². The molecule has 0 radical (unpaired) electrons. The molecule has 0 aliphatic carbocycles. The lowest BCUT2D eigenvalue weighted by Crippen LogP contribution is -2.40. The minimum atomic E-state index is -0.546. The molecule has 0 bridgehead atoms. The summed E-state index contributed by atoms with van der Waals surface area (Å²) in [7, 11) is 0. The van der Waals surface area contributed by atoms with Gasteiger partial charge in [-0.2, -0.15) is 0 Å². The normalized spacial score (nSPS) is 11.2. The van der Waals surface area contributed by atoms with Crippen LogP contribution in [0.4, 0.5) is 9.18 Å². The smallest absolute Gasteiger partial charge is 0.407 e. The summed E-state index contributed by atoms with van der Waals surface area (Å²) in [6.07, 6.45) is -0.546. The number of hydrogen-bond acceptors (Lipinski definition) is 3. The Morgan fingerprint density at radius 3 is 2.61 bits per heavy atom. The Kier molecular flexibility index (Phi) is 4.67. The van der Waals surface area contributed by atoms with E-state index in [2.05, 4.69) is 5.32 Å². The topological polar surface area (TPSA) is 58.6 Å². The molecule has 2 N–H and O–H groups in total. The summed E-state index contributed by atoms with van der Waals surface area (Å²) in [5.74, 6) is -0.429. The second-order valence-electron chi connectivity index (χ2n) is 5.02. The summed E-state index contributed by atoms with van der Waals surface area (Å²) < 4.78 is 17.9. The molecule has 1 aromatic rings. The van der Waals surface area contributed by atoms with Crippen LogP contribution in [0.1, 0.15) is 31.9 Å². The van der Waals surface area contributed by atoms with Gasteiger partial charge in [-0.15, -0.1) is 0 Å². The minimum Gasteiger partial charge on any atom is -0.445 e. The first-order chi connectivity index (χ1) is 8.31. The molecule has 0 spiro atoms. The van der Waals surface area contributed by atoms with Crippen molar-refractivity contribution in [2.24, 2.45) is 0 Å². The van der Waals surface area contributed by atoms with Gasteiger partial charge in [-0.05, 0) is 44.0 Å². The number of rotatable bonds is 3. The molecule has 1 rings (SSSR count). The van der Waals surface area contributed by atoms with E-state index in [1.165, 1.54) is 18.2 Å². The van der Waals surface area contributed by atoms with Crippen LogP contribution in [0.15, 0.2) is 18.2 Å². The summed E-state index contributed by atoms with van der Waals surface area (Å²) in [6.45, 7) is 5.22. The van der Waals surface area contributed by atoms with Crippen molar-refractivity contribution in [1.82, 2.24) is 5.32 Å². The Labute approximate surface area is 106 Å². The maximum absolute atomic E-state index is 12.9. The Bertz CT molecular complexity index is 427. The largest absolute Gasteiger partial charge is 0.445 e. The zero-order valence-corrected chi connectivity index (χ0v) is 10.8. The van der Waals surface area contributed by atoms with Gasteiger partial charge < -0.3 is 15.2 Å². The van der Waals surface area contributed by atoms with E-state index in [4.69, 9.17) is 9.84 Å². The van der Waals surface area contributed by atoms with Gasteiger partial charge in [0.2, 0.25) is 0 Å². The Morgan fingerprint density at radius 1 is 1.39 bits per heavy atom. The van der Waals surface area contributed by atoms with Gasteiger partial charge in [0.1, 0.15) is 12.4 Å². The van der Waals surface area contributed by atoms with Crippen LogP contribution in [0.3, 0.4) is 0 Å². The van der Waals surface area contributed by atoms with Crippen LogP contribution in [0, 0.1) is 5.82 Å². The van der Waals surface area contributed by atoms with E-state index in [0.29, 0.717) is 11.1 Å². The summed E-state index contributed by atoms with van der Waals surface area (Å²) >= 11 is 0. The van der Waals surface area contributed by atoms with Gasteiger partial charge in [-0.25, -0.2) is 9.18 Å². The lowest BCUT2D eigenvalue weighted by molar-refractivity contribution is 0.130. The van der Waals surface area contributed by atoms with Gasteiger partial charge in [0, 0.05) is 5.54 Å². The standard InChI is InChI=1S/C13H18FNO3/c1-13(2,3)15-12(17)18-8-9-4-5-11(14)6-10(9)7-16/h4-6,16H,7-8H2,1-3H3,(H,15,17). The number of carbonyl (C=O) groups excluding carboxylic acids is 1. The van der Waals surface area contributed by atoms with Crippen molar-refractivity contribution < 1.29 is 19.0 Å².